The third kappa shape index (κ3) is 4.11. The van der Waals surface area contributed by atoms with Gasteiger partial charge in [0.15, 0.2) is 0 Å². The van der Waals surface area contributed by atoms with Gasteiger partial charge in [-0.2, -0.15) is 13.2 Å². The van der Waals surface area contributed by atoms with E-state index in [0.717, 1.165) is 0 Å². The van der Waals surface area contributed by atoms with E-state index in [-0.39, 0.29) is 9.66 Å². The molecule has 0 saturated carbocycles. The van der Waals surface area contributed by atoms with E-state index in [1.54, 1.807) is 46.9 Å². The highest BCUT2D eigenvalue weighted by Crippen LogP contribution is 2.29. The molecule has 0 fully saturated rings. The van der Waals surface area contributed by atoms with Gasteiger partial charge in [0, 0.05) is 9.66 Å². The smallest absolute Gasteiger partial charge is 0.410 e. The van der Waals surface area contributed by atoms with Crippen LogP contribution in [0.5, 0.6) is 5.75 Å². The molecule has 1 nitrogen and oxygen atoms in total. The zero-order valence-electron chi connectivity index (χ0n) is 7.81. The van der Waals surface area contributed by atoms with Crippen LogP contribution in [0.25, 0.3) is 3.58 Å². The van der Waals surface area contributed by atoms with Gasteiger partial charge in [-0.3, -0.25) is 0 Å². The van der Waals surface area contributed by atoms with E-state index >= 15 is 0 Å². The molecule has 1 aromatic carbocycles. The van der Waals surface area contributed by atoms with Crippen LogP contribution in [0.2, 0.25) is 0 Å². The zero-order valence-corrected chi connectivity index (χ0v) is 9.96. The number of benzene rings is 1. The predicted octanol–water partition coefficient (Wildman–Crippen LogP) is 4.03. The van der Waals surface area contributed by atoms with Gasteiger partial charge in [-0.25, -0.2) is 0 Å². The number of hydrogen-bond acceptors (Lipinski definition) is 1. The average Bonchev–Trinajstić information content (AvgIpc) is 2.15. The maximum Gasteiger partial charge on any atom is 0.410 e. The van der Waals surface area contributed by atoms with Crippen LogP contribution >= 0.6 is 22.6 Å². The van der Waals surface area contributed by atoms with Crippen molar-refractivity contribution in [3.8, 4) is 5.75 Å². The molecular formula is C10H8F3IO. The molecule has 0 aliphatic heterocycles. The Hall–Kier alpha value is -0.720. The first kappa shape index (κ1) is 12.4. The Kier molecular flexibility index (Phi) is 4.01. The van der Waals surface area contributed by atoms with Gasteiger partial charge >= 0.3 is 6.18 Å². The highest BCUT2D eigenvalue weighted by atomic mass is 127. The Morgan fingerprint density at radius 1 is 1.27 bits per heavy atom. The first-order valence-electron chi connectivity index (χ1n) is 4.02. The molecule has 0 saturated heterocycles. The zero-order chi connectivity index (χ0) is 11.5. The summed E-state index contributed by atoms with van der Waals surface area (Å²) in [4.78, 5) is 0. The Morgan fingerprint density at radius 2 is 1.80 bits per heavy atom. The number of alkyl halides is 3. The SMILES string of the molecule is COc1ccc(/C(I)=C/C(F)(F)F)cc1. The van der Waals surface area contributed by atoms with Crippen molar-refractivity contribution < 1.29 is 17.9 Å². The molecule has 0 bridgehead atoms. The molecule has 0 aliphatic rings. The Morgan fingerprint density at radius 3 is 2.20 bits per heavy atom. The topological polar surface area (TPSA) is 9.23 Å². The third-order valence-electron chi connectivity index (χ3n) is 1.66. The molecule has 0 N–H and O–H groups in total. The molecule has 1 rings (SSSR count). The largest absolute Gasteiger partial charge is 0.497 e. The van der Waals surface area contributed by atoms with Crippen molar-refractivity contribution in [2.45, 2.75) is 6.18 Å². The van der Waals surface area contributed by atoms with Crippen LogP contribution in [0.4, 0.5) is 13.2 Å². The monoisotopic (exact) mass is 328 g/mol. The van der Waals surface area contributed by atoms with E-state index in [1.807, 2.05) is 0 Å². The average molecular weight is 328 g/mol. The van der Waals surface area contributed by atoms with Gasteiger partial charge in [0.25, 0.3) is 0 Å². The van der Waals surface area contributed by atoms with Crippen molar-refractivity contribution in [3.05, 3.63) is 35.9 Å². The summed E-state index contributed by atoms with van der Waals surface area (Å²) in [6, 6.07) is 6.42. The quantitative estimate of drug-likeness (QED) is 0.745. The number of allylic oxidation sites excluding steroid dienone is 1. The predicted molar refractivity (Wildman–Crippen MR) is 61.0 cm³/mol. The van der Waals surface area contributed by atoms with Crippen molar-refractivity contribution >= 4 is 26.2 Å². The Balaban J connectivity index is 2.92. The van der Waals surface area contributed by atoms with Crippen LogP contribution < -0.4 is 4.74 Å². The van der Waals surface area contributed by atoms with Gasteiger partial charge in [0.1, 0.15) is 5.75 Å². The molecule has 15 heavy (non-hydrogen) atoms. The lowest BCUT2D eigenvalue weighted by atomic mass is 10.2. The maximum absolute atomic E-state index is 12.0. The second-order valence-electron chi connectivity index (χ2n) is 2.76. The molecule has 0 aromatic heterocycles. The van der Waals surface area contributed by atoms with Crippen LogP contribution in [0.15, 0.2) is 30.3 Å². The first-order valence-corrected chi connectivity index (χ1v) is 5.10. The van der Waals surface area contributed by atoms with Gasteiger partial charge in [0.2, 0.25) is 0 Å². The molecule has 0 aliphatic carbocycles. The minimum Gasteiger partial charge on any atom is -0.497 e. The highest BCUT2D eigenvalue weighted by Gasteiger charge is 2.24. The third-order valence-corrected chi connectivity index (χ3v) is 2.59. The van der Waals surface area contributed by atoms with Crippen molar-refractivity contribution in [3.63, 3.8) is 0 Å². The number of methoxy groups -OCH3 is 1. The van der Waals surface area contributed by atoms with Crippen LogP contribution in [0, 0.1) is 0 Å². The summed E-state index contributed by atoms with van der Waals surface area (Å²) in [5.41, 5.74) is 0.522. The van der Waals surface area contributed by atoms with Gasteiger partial charge in [0.05, 0.1) is 7.11 Å². The van der Waals surface area contributed by atoms with Crippen molar-refractivity contribution in [1.82, 2.24) is 0 Å². The summed E-state index contributed by atoms with van der Waals surface area (Å²) >= 11 is 1.66. The lowest BCUT2D eigenvalue weighted by Crippen LogP contribution is -2.01. The van der Waals surface area contributed by atoms with Gasteiger partial charge in [-0.05, 0) is 40.3 Å². The molecule has 0 heterocycles. The van der Waals surface area contributed by atoms with Crippen LogP contribution in [-0.2, 0) is 0 Å². The lowest BCUT2D eigenvalue weighted by Gasteiger charge is -2.04. The summed E-state index contributed by atoms with van der Waals surface area (Å²) in [7, 11) is 1.51. The van der Waals surface area contributed by atoms with E-state index < -0.39 is 6.18 Å². The van der Waals surface area contributed by atoms with E-state index in [9.17, 15) is 13.2 Å². The van der Waals surface area contributed by atoms with Crippen LogP contribution in [-0.4, -0.2) is 13.3 Å². The fourth-order valence-electron chi connectivity index (χ4n) is 0.977. The summed E-state index contributed by atoms with van der Waals surface area (Å²) in [5, 5.41) is 0. The number of ether oxygens (including phenoxy) is 1. The number of halogens is 4. The standard InChI is InChI=1S/C10H8F3IO/c1-15-8-4-2-7(3-5-8)9(14)6-10(11,12)13/h2-6H,1H3/b9-6-. The minimum atomic E-state index is -4.28. The first-order chi connectivity index (χ1) is 6.92. The Bertz CT molecular complexity index is 354. The fourth-order valence-corrected chi connectivity index (χ4v) is 1.69. The molecule has 0 amide bonds. The molecule has 0 atom stereocenters. The molecule has 0 unspecified atom stereocenters. The second kappa shape index (κ2) is 4.87. The maximum atomic E-state index is 12.0. The van der Waals surface area contributed by atoms with Gasteiger partial charge < -0.3 is 4.74 Å². The number of hydrogen-bond donors (Lipinski definition) is 0. The second-order valence-corrected chi connectivity index (χ2v) is 3.92. The molecule has 0 radical (unpaired) electrons. The van der Waals surface area contributed by atoms with Gasteiger partial charge in [-0.1, -0.05) is 12.1 Å². The summed E-state index contributed by atoms with van der Waals surface area (Å²) in [6.07, 6.45) is -4.01. The van der Waals surface area contributed by atoms with E-state index in [4.69, 9.17) is 4.74 Å². The summed E-state index contributed by atoms with van der Waals surface area (Å²) in [6.45, 7) is 0. The molecule has 5 heteroatoms. The normalized spacial score (nSPS) is 12.7. The van der Waals surface area contributed by atoms with Gasteiger partial charge in [-0.15, -0.1) is 0 Å². The lowest BCUT2D eigenvalue weighted by molar-refractivity contribution is -0.0791. The molecule has 82 valence electrons. The molecule has 0 spiro atoms. The van der Waals surface area contributed by atoms with Crippen molar-refractivity contribution in [2.24, 2.45) is 0 Å². The summed E-state index contributed by atoms with van der Waals surface area (Å²) in [5.74, 6) is 0.620. The van der Waals surface area contributed by atoms with Crippen LogP contribution in [0.1, 0.15) is 5.56 Å². The van der Waals surface area contributed by atoms with E-state index in [2.05, 4.69) is 0 Å². The molecular weight excluding hydrogens is 320 g/mol. The van der Waals surface area contributed by atoms with Crippen LogP contribution in [0.3, 0.4) is 0 Å². The minimum absolute atomic E-state index is 0.155. The highest BCUT2D eigenvalue weighted by molar-refractivity contribution is 14.1. The van der Waals surface area contributed by atoms with E-state index in [0.29, 0.717) is 11.3 Å². The van der Waals surface area contributed by atoms with Crippen molar-refractivity contribution in [1.29, 1.82) is 0 Å². The Labute approximate surface area is 99.1 Å². The number of rotatable bonds is 2. The fraction of sp³-hybridized carbons (Fsp3) is 0.200. The molecule has 1 aromatic rings. The van der Waals surface area contributed by atoms with E-state index in [1.165, 1.54) is 7.11 Å². The van der Waals surface area contributed by atoms with Crippen molar-refractivity contribution in [2.75, 3.05) is 7.11 Å². The summed E-state index contributed by atoms with van der Waals surface area (Å²) < 4.78 is 41.2.